The minimum absolute atomic E-state index is 0.0135. The second kappa shape index (κ2) is 8.08. The molecule has 128 valence electrons. The summed E-state index contributed by atoms with van der Waals surface area (Å²) in [7, 11) is 0. The van der Waals surface area contributed by atoms with Gasteiger partial charge in [0.2, 0.25) is 5.69 Å². The van der Waals surface area contributed by atoms with Gasteiger partial charge in [-0.3, -0.25) is 4.79 Å². The number of amides is 1. The highest BCUT2D eigenvalue weighted by Gasteiger charge is 2.25. The third kappa shape index (κ3) is 4.34. The molecule has 0 unspecified atom stereocenters. The number of nitrogens with zero attached hydrogens (tertiary/aromatic N) is 3. The van der Waals surface area contributed by atoms with Crippen molar-refractivity contribution >= 4 is 21.8 Å². The molecule has 0 bridgehead atoms. The molecule has 1 aliphatic rings. The second-order valence-corrected chi connectivity index (χ2v) is 6.72. The first-order valence-electron chi connectivity index (χ1n) is 8.10. The van der Waals surface area contributed by atoms with Gasteiger partial charge in [0.25, 0.3) is 11.8 Å². The number of nitrogens with one attached hydrogen (secondary N) is 1. The van der Waals surface area contributed by atoms with Crippen LogP contribution in [0.4, 0.5) is 0 Å². The largest absolute Gasteiger partial charge is 0.472 e. The molecule has 0 aliphatic heterocycles. The van der Waals surface area contributed by atoms with Crippen LogP contribution in [0.3, 0.4) is 0 Å². The summed E-state index contributed by atoms with van der Waals surface area (Å²) in [5.41, 5.74) is 0.839. The van der Waals surface area contributed by atoms with Crippen LogP contribution in [0.1, 0.15) is 41.7 Å². The lowest BCUT2D eigenvalue weighted by Crippen LogP contribution is -2.39. The maximum Gasteiger partial charge on any atom is 0.252 e. The Balaban J connectivity index is 1.53. The van der Waals surface area contributed by atoms with Gasteiger partial charge in [0.15, 0.2) is 0 Å². The summed E-state index contributed by atoms with van der Waals surface area (Å²) >= 11 is 3.40. The molecule has 0 saturated heterocycles. The zero-order valence-corrected chi connectivity index (χ0v) is 15.1. The third-order valence-corrected chi connectivity index (χ3v) is 4.87. The Morgan fingerprint density at radius 2 is 1.92 bits per heavy atom. The number of hydrogen-bond donors (Lipinski definition) is 1. The molecular weight excluding hydrogens is 384 g/mol. The van der Waals surface area contributed by atoms with E-state index in [4.69, 9.17) is 10.00 Å². The minimum atomic E-state index is -0.0717. The smallest absolute Gasteiger partial charge is 0.252 e. The van der Waals surface area contributed by atoms with E-state index >= 15 is 0 Å². The van der Waals surface area contributed by atoms with Crippen LogP contribution in [-0.4, -0.2) is 28.0 Å². The van der Waals surface area contributed by atoms with Gasteiger partial charge in [-0.2, -0.15) is 5.26 Å². The number of hydrogen-bond acceptors (Lipinski definition) is 5. The Kier molecular flexibility index (Phi) is 5.61. The first-order chi connectivity index (χ1) is 12.2. The lowest BCUT2D eigenvalue weighted by Gasteiger charge is -2.29. The molecule has 1 aliphatic carbocycles. The second-order valence-electron chi connectivity index (χ2n) is 5.87. The third-order valence-electron chi connectivity index (χ3n) is 4.18. The Hall–Kier alpha value is -2.46. The van der Waals surface area contributed by atoms with E-state index in [-0.39, 0.29) is 29.6 Å². The van der Waals surface area contributed by atoms with Gasteiger partial charge in [-0.15, -0.1) is 0 Å². The normalized spacial score (nSPS) is 19.7. The van der Waals surface area contributed by atoms with Crippen LogP contribution in [-0.2, 0) is 0 Å². The molecule has 3 rings (SSSR count). The van der Waals surface area contributed by atoms with Gasteiger partial charge in [-0.25, -0.2) is 9.97 Å². The van der Waals surface area contributed by atoms with E-state index in [2.05, 4.69) is 31.2 Å². The summed E-state index contributed by atoms with van der Waals surface area (Å²) in [5.74, 6) is 0.211. The van der Waals surface area contributed by atoms with Crippen molar-refractivity contribution in [3.05, 3.63) is 52.4 Å². The maximum absolute atomic E-state index is 12.4. The van der Waals surface area contributed by atoms with Crippen molar-refractivity contribution in [3.8, 4) is 11.9 Å². The fraction of sp³-hybridized carbons (Fsp3) is 0.333. The number of carbonyl (C=O) groups excluding carboxylic acids is 1. The summed E-state index contributed by atoms with van der Waals surface area (Å²) in [5, 5.41) is 12.1. The fourth-order valence-corrected chi connectivity index (χ4v) is 3.34. The van der Waals surface area contributed by atoms with Crippen LogP contribution in [0.15, 0.2) is 41.1 Å². The van der Waals surface area contributed by atoms with Crippen molar-refractivity contribution in [2.24, 2.45) is 0 Å². The Morgan fingerprint density at radius 1 is 1.20 bits per heavy atom. The standard InChI is InChI=1S/C18H17BrN4O2/c19-15-4-2-1-3-14(15)17(24)23-12-5-7-13(8-6-12)25-18-16(11-20)21-9-10-22-18/h1-4,9-10,12-13H,5-8H2,(H,23,24). The van der Waals surface area contributed by atoms with E-state index < -0.39 is 0 Å². The molecule has 25 heavy (non-hydrogen) atoms. The highest BCUT2D eigenvalue weighted by molar-refractivity contribution is 9.10. The van der Waals surface area contributed by atoms with Gasteiger partial charge in [0.05, 0.1) is 5.56 Å². The van der Waals surface area contributed by atoms with Gasteiger partial charge in [-0.1, -0.05) is 12.1 Å². The quantitative estimate of drug-likeness (QED) is 0.850. The van der Waals surface area contributed by atoms with E-state index in [0.717, 1.165) is 30.2 Å². The predicted octanol–water partition coefficient (Wildman–Crippen LogP) is 3.23. The Labute approximate surface area is 154 Å². The predicted molar refractivity (Wildman–Crippen MR) is 95.0 cm³/mol. The number of benzene rings is 1. The van der Waals surface area contributed by atoms with Gasteiger partial charge in [0.1, 0.15) is 12.2 Å². The molecule has 2 aromatic rings. The van der Waals surface area contributed by atoms with Crippen molar-refractivity contribution in [2.45, 2.75) is 37.8 Å². The average molecular weight is 401 g/mol. The number of aromatic nitrogens is 2. The van der Waals surface area contributed by atoms with Crippen molar-refractivity contribution in [3.63, 3.8) is 0 Å². The molecule has 0 atom stereocenters. The molecule has 1 N–H and O–H groups in total. The summed E-state index contributed by atoms with van der Waals surface area (Å²) in [6.07, 6.45) is 6.20. The summed E-state index contributed by atoms with van der Waals surface area (Å²) in [4.78, 5) is 20.4. The Bertz CT molecular complexity index is 798. The lowest BCUT2D eigenvalue weighted by molar-refractivity contribution is 0.0889. The SMILES string of the molecule is N#Cc1nccnc1OC1CCC(NC(=O)c2ccccc2Br)CC1. The molecular formula is C18H17BrN4O2. The molecule has 1 aromatic carbocycles. The number of carbonyl (C=O) groups is 1. The summed E-state index contributed by atoms with van der Waals surface area (Å²) < 4.78 is 6.61. The number of ether oxygens (including phenoxy) is 1. The molecule has 1 fully saturated rings. The van der Waals surface area contributed by atoms with Crippen LogP contribution in [0.5, 0.6) is 5.88 Å². The molecule has 6 nitrogen and oxygen atoms in total. The van der Waals surface area contributed by atoms with Gasteiger partial charge < -0.3 is 10.1 Å². The zero-order chi connectivity index (χ0) is 17.6. The summed E-state index contributed by atoms with van der Waals surface area (Å²) in [6, 6.07) is 9.48. The van der Waals surface area contributed by atoms with Crippen LogP contribution in [0.2, 0.25) is 0 Å². The first-order valence-corrected chi connectivity index (χ1v) is 8.90. The molecule has 7 heteroatoms. The van der Waals surface area contributed by atoms with Crippen LogP contribution < -0.4 is 10.1 Å². The molecule has 0 radical (unpaired) electrons. The maximum atomic E-state index is 12.4. The van der Waals surface area contributed by atoms with Gasteiger partial charge in [-0.05, 0) is 53.7 Å². The van der Waals surface area contributed by atoms with E-state index in [0.29, 0.717) is 5.56 Å². The van der Waals surface area contributed by atoms with Crippen molar-refractivity contribution < 1.29 is 9.53 Å². The van der Waals surface area contributed by atoms with E-state index in [1.165, 1.54) is 12.4 Å². The van der Waals surface area contributed by atoms with Crippen LogP contribution in [0, 0.1) is 11.3 Å². The highest BCUT2D eigenvalue weighted by atomic mass is 79.9. The topological polar surface area (TPSA) is 87.9 Å². The number of nitriles is 1. The molecule has 1 aromatic heterocycles. The van der Waals surface area contributed by atoms with Crippen molar-refractivity contribution in [1.82, 2.24) is 15.3 Å². The van der Waals surface area contributed by atoms with E-state index in [1.54, 1.807) is 6.07 Å². The number of rotatable bonds is 4. The van der Waals surface area contributed by atoms with Crippen LogP contribution >= 0.6 is 15.9 Å². The lowest BCUT2D eigenvalue weighted by atomic mass is 9.92. The monoisotopic (exact) mass is 400 g/mol. The molecule has 0 spiro atoms. The molecule has 1 saturated carbocycles. The van der Waals surface area contributed by atoms with Gasteiger partial charge in [0, 0.05) is 22.9 Å². The highest BCUT2D eigenvalue weighted by Crippen LogP contribution is 2.24. The minimum Gasteiger partial charge on any atom is -0.472 e. The van der Waals surface area contributed by atoms with Crippen molar-refractivity contribution in [1.29, 1.82) is 5.26 Å². The van der Waals surface area contributed by atoms with Crippen molar-refractivity contribution in [2.75, 3.05) is 0 Å². The van der Waals surface area contributed by atoms with Crippen LogP contribution in [0.25, 0.3) is 0 Å². The Morgan fingerprint density at radius 3 is 2.64 bits per heavy atom. The van der Waals surface area contributed by atoms with E-state index in [9.17, 15) is 4.79 Å². The van der Waals surface area contributed by atoms with E-state index in [1.807, 2.05) is 24.3 Å². The molecule has 1 heterocycles. The van der Waals surface area contributed by atoms with Gasteiger partial charge >= 0.3 is 0 Å². The average Bonchev–Trinajstić information content (AvgIpc) is 2.64. The summed E-state index contributed by atoms with van der Waals surface area (Å²) in [6.45, 7) is 0. The molecule has 1 amide bonds. The zero-order valence-electron chi connectivity index (χ0n) is 13.5. The number of halogens is 1. The fourth-order valence-electron chi connectivity index (χ4n) is 2.88. The first kappa shape index (κ1) is 17.4.